The summed E-state index contributed by atoms with van der Waals surface area (Å²) in [6, 6.07) is 4.07. The molecule has 4 nitrogen and oxygen atoms in total. The number of methoxy groups -OCH3 is 1. The van der Waals surface area contributed by atoms with Crippen molar-refractivity contribution < 1.29 is 9.84 Å². The summed E-state index contributed by atoms with van der Waals surface area (Å²) in [6.45, 7) is 2.89. The fraction of sp³-hybridized carbons (Fsp3) is 0.583. The van der Waals surface area contributed by atoms with E-state index >= 15 is 0 Å². The lowest BCUT2D eigenvalue weighted by Crippen LogP contribution is -2.33. The molecule has 1 saturated heterocycles. The molecule has 94 valence electrons. The highest BCUT2D eigenvalue weighted by molar-refractivity contribution is 9.10. The Hall–Kier alpha value is -0.650. The molecule has 0 radical (unpaired) electrons. The number of aliphatic hydroxyl groups is 1. The van der Waals surface area contributed by atoms with Crippen molar-refractivity contribution in [2.24, 2.45) is 0 Å². The Balaban J connectivity index is 2.23. The van der Waals surface area contributed by atoms with Crippen LogP contribution in [-0.4, -0.2) is 42.5 Å². The Morgan fingerprint density at radius 1 is 1.59 bits per heavy atom. The summed E-state index contributed by atoms with van der Waals surface area (Å²) in [7, 11) is 1.71. The molecule has 0 amide bonds. The maximum absolute atomic E-state index is 9.40. The highest BCUT2D eigenvalue weighted by Crippen LogP contribution is 2.27. The van der Waals surface area contributed by atoms with Crippen molar-refractivity contribution in [3.63, 3.8) is 0 Å². The molecule has 1 aliphatic rings. The van der Waals surface area contributed by atoms with Crippen LogP contribution in [0.3, 0.4) is 0 Å². The third kappa shape index (κ3) is 2.61. The minimum absolute atomic E-state index is 0.105. The summed E-state index contributed by atoms with van der Waals surface area (Å²) in [5, 5.41) is 9.40. The van der Waals surface area contributed by atoms with Gasteiger partial charge in [-0.1, -0.05) is 0 Å². The second-order valence-electron chi connectivity index (χ2n) is 4.32. The van der Waals surface area contributed by atoms with Crippen LogP contribution in [0.5, 0.6) is 0 Å². The zero-order valence-corrected chi connectivity index (χ0v) is 11.6. The van der Waals surface area contributed by atoms with Gasteiger partial charge in [0.1, 0.15) is 5.82 Å². The van der Waals surface area contributed by atoms with Crippen molar-refractivity contribution in [1.82, 2.24) is 4.98 Å². The number of aromatic nitrogens is 1. The van der Waals surface area contributed by atoms with E-state index in [0.29, 0.717) is 0 Å². The quantitative estimate of drug-likeness (QED) is 0.924. The fourth-order valence-electron chi connectivity index (χ4n) is 2.19. The van der Waals surface area contributed by atoms with Gasteiger partial charge in [-0.2, -0.15) is 0 Å². The third-order valence-corrected chi connectivity index (χ3v) is 4.06. The molecule has 5 heteroatoms. The standard InChI is InChI=1S/C12H17BrN2O2/c1-8-11(13)3-4-12(14-8)15-6-10(17-2)5-9(15)7-16/h3-4,9-10,16H,5-7H2,1-2H3/t9-,10-/m0/s1. The number of halogens is 1. The summed E-state index contributed by atoms with van der Waals surface area (Å²) in [6.07, 6.45) is 1.03. The van der Waals surface area contributed by atoms with E-state index < -0.39 is 0 Å². The highest BCUT2D eigenvalue weighted by atomic mass is 79.9. The molecule has 2 rings (SSSR count). The van der Waals surface area contributed by atoms with Gasteiger partial charge in [-0.3, -0.25) is 0 Å². The van der Waals surface area contributed by atoms with Gasteiger partial charge >= 0.3 is 0 Å². The van der Waals surface area contributed by atoms with Crippen molar-refractivity contribution in [2.45, 2.75) is 25.5 Å². The maximum atomic E-state index is 9.40. The molecule has 2 heterocycles. The maximum Gasteiger partial charge on any atom is 0.129 e. The molecule has 0 spiro atoms. The topological polar surface area (TPSA) is 45.6 Å². The number of aryl methyl sites for hydroxylation is 1. The number of aliphatic hydroxyl groups excluding tert-OH is 1. The normalized spacial score (nSPS) is 24.4. The van der Waals surface area contributed by atoms with Crippen molar-refractivity contribution >= 4 is 21.7 Å². The molecule has 1 fully saturated rings. The van der Waals surface area contributed by atoms with E-state index in [4.69, 9.17) is 4.74 Å². The van der Waals surface area contributed by atoms with Gasteiger partial charge in [-0.15, -0.1) is 0 Å². The number of anilines is 1. The van der Waals surface area contributed by atoms with Crippen LogP contribution >= 0.6 is 15.9 Å². The second kappa shape index (κ2) is 5.33. The Labute approximate surface area is 110 Å². The molecule has 0 aromatic carbocycles. The van der Waals surface area contributed by atoms with Gasteiger partial charge < -0.3 is 14.7 Å². The van der Waals surface area contributed by atoms with Gasteiger partial charge in [0, 0.05) is 18.1 Å². The minimum Gasteiger partial charge on any atom is -0.394 e. The van der Waals surface area contributed by atoms with Crippen molar-refractivity contribution in [3.8, 4) is 0 Å². The van der Waals surface area contributed by atoms with E-state index in [9.17, 15) is 5.11 Å². The predicted molar refractivity (Wildman–Crippen MR) is 70.3 cm³/mol. The number of hydrogen-bond acceptors (Lipinski definition) is 4. The molecule has 0 saturated carbocycles. The number of hydrogen-bond donors (Lipinski definition) is 1. The summed E-state index contributed by atoms with van der Waals surface area (Å²) >= 11 is 3.44. The van der Waals surface area contributed by atoms with Crippen LogP contribution < -0.4 is 4.90 Å². The number of nitrogens with zero attached hydrogens (tertiary/aromatic N) is 2. The molecule has 1 aliphatic heterocycles. The van der Waals surface area contributed by atoms with Crippen LogP contribution in [0.15, 0.2) is 16.6 Å². The molecule has 1 aromatic rings. The molecule has 1 N–H and O–H groups in total. The van der Waals surface area contributed by atoms with Gasteiger partial charge in [0.25, 0.3) is 0 Å². The van der Waals surface area contributed by atoms with Crippen molar-refractivity contribution in [1.29, 1.82) is 0 Å². The average molecular weight is 301 g/mol. The van der Waals surface area contributed by atoms with Crippen LogP contribution in [0.2, 0.25) is 0 Å². The Bertz CT molecular complexity index is 400. The third-order valence-electron chi connectivity index (χ3n) is 3.22. The predicted octanol–water partition coefficient (Wildman–Crippen LogP) is 1.74. The first-order valence-corrected chi connectivity index (χ1v) is 6.48. The molecule has 17 heavy (non-hydrogen) atoms. The Morgan fingerprint density at radius 3 is 2.94 bits per heavy atom. The summed E-state index contributed by atoms with van der Waals surface area (Å²) in [4.78, 5) is 6.65. The molecule has 0 bridgehead atoms. The van der Waals surface area contributed by atoms with Gasteiger partial charge in [0.2, 0.25) is 0 Å². The van der Waals surface area contributed by atoms with E-state index in [1.807, 2.05) is 19.1 Å². The molecule has 2 atom stereocenters. The zero-order valence-electron chi connectivity index (χ0n) is 10.1. The number of ether oxygens (including phenoxy) is 1. The Kier molecular flexibility index (Phi) is 4.01. The molecular formula is C12H17BrN2O2. The second-order valence-corrected chi connectivity index (χ2v) is 5.17. The lowest BCUT2D eigenvalue weighted by molar-refractivity contribution is 0.115. The Morgan fingerprint density at radius 2 is 2.35 bits per heavy atom. The molecular weight excluding hydrogens is 284 g/mol. The first kappa shape index (κ1) is 12.8. The van der Waals surface area contributed by atoms with Gasteiger partial charge in [0.15, 0.2) is 0 Å². The SMILES string of the molecule is CO[C@H]1C[C@@H](CO)N(c2ccc(Br)c(C)n2)C1. The average Bonchev–Trinajstić information content (AvgIpc) is 2.76. The number of pyridine rings is 1. The lowest BCUT2D eigenvalue weighted by atomic mass is 10.2. The van der Waals surface area contributed by atoms with Crippen molar-refractivity contribution in [3.05, 3.63) is 22.3 Å². The first-order chi connectivity index (χ1) is 8.15. The smallest absolute Gasteiger partial charge is 0.129 e. The van der Waals surface area contributed by atoms with Crippen LogP contribution in [0.4, 0.5) is 5.82 Å². The largest absolute Gasteiger partial charge is 0.394 e. The van der Waals surface area contributed by atoms with Gasteiger partial charge in [0.05, 0.1) is 24.4 Å². The van der Waals surface area contributed by atoms with Crippen LogP contribution in [0.25, 0.3) is 0 Å². The first-order valence-electron chi connectivity index (χ1n) is 5.69. The molecule has 0 unspecified atom stereocenters. The van der Waals surface area contributed by atoms with Crippen molar-refractivity contribution in [2.75, 3.05) is 25.2 Å². The summed E-state index contributed by atoms with van der Waals surface area (Å²) < 4.78 is 6.36. The van der Waals surface area contributed by atoms with E-state index in [0.717, 1.165) is 29.0 Å². The lowest BCUT2D eigenvalue weighted by Gasteiger charge is -2.24. The van der Waals surface area contributed by atoms with E-state index in [1.54, 1.807) is 7.11 Å². The van der Waals surface area contributed by atoms with Gasteiger partial charge in [-0.05, 0) is 41.4 Å². The van der Waals surface area contributed by atoms with E-state index in [2.05, 4.69) is 25.8 Å². The van der Waals surface area contributed by atoms with E-state index in [-0.39, 0.29) is 18.8 Å². The van der Waals surface area contributed by atoms with E-state index in [1.165, 1.54) is 0 Å². The fourth-order valence-corrected chi connectivity index (χ4v) is 2.41. The molecule has 1 aromatic heterocycles. The monoisotopic (exact) mass is 300 g/mol. The summed E-state index contributed by atoms with van der Waals surface area (Å²) in [5.74, 6) is 0.907. The van der Waals surface area contributed by atoms with Crippen LogP contribution in [0, 0.1) is 6.92 Å². The van der Waals surface area contributed by atoms with Crippen LogP contribution in [0.1, 0.15) is 12.1 Å². The summed E-state index contributed by atoms with van der Waals surface area (Å²) in [5.41, 5.74) is 0.958. The van der Waals surface area contributed by atoms with Gasteiger partial charge in [-0.25, -0.2) is 4.98 Å². The minimum atomic E-state index is 0.105. The number of rotatable bonds is 3. The molecule has 0 aliphatic carbocycles. The highest BCUT2D eigenvalue weighted by Gasteiger charge is 2.32. The van der Waals surface area contributed by atoms with Crippen LogP contribution in [-0.2, 0) is 4.74 Å². The zero-order chi connectivity index (χ0) is 12.4.